The van der Waals surface area contributed by atoms with Crippen molar-refractivity contribution in [2.45, 2.75) is 76.7 Å². The molecule has 1 atom stereocenters. The number of piperidine rings is 1. The molecule has 1 spiro atoms. The van der Waals surface area contributed by atoms with Gasteiger partial charge in [-0.25, -0.2) is 0 Å². The summed E-state index contributed by atoms with van der Waals surface area (Å²) in [4.78, 5) is 2.63. The van der Waals surface area contributed by atoms with Crippen molar-refractivity contribution in [3.63, 3.8) is 0 Å². The number of unbranched alkanes of at least 4 members (excludes halogenated alkanes) is 1. The predicted molar refractivity (Wildman–Crippen MR) is 83.2 cm³/mol. The SMILES string of the molecule is CC(N)(C#N)CCCCN1CCC2(CCCCC2)CC1. The Morgan fingerprint density at radius 1 is 1.10 bits per heavy atom. The van der Waals surface area contributed by atoms with Gasteiger partial charge in [0.2, 0.25) is 0 Å². The zero-order chi connectivity index (χ0) is 14.5. The minimum Gasteiger partial charge on any atom is -0.314 e. The molecule has 1 unspecified atom stereocenters. The van der Waals surface area contributed by atoms with Crippen molar-refractivity contribution in [1.82, 2.24) is 4.90 Å². The van der Waals surface area contributed by atoms with Gasteiger partial charge in [-0.2, -0.15) is 5.26 Å². The van der Waals surface area contributed by atoms with E-state index in [4.69, 9.17) is 11.0 Å². The van der Waals surface area contributed by atoms with Crippen LogP contribution in [0.1, 0.15) is 71.1 Å². The van der Waals surface area contributed by atoms with E-state index in [0.717, 1.165) is 12.8 Å². The number of likely N-dealkylation sites (tertiary alicyclic amines) is 1. The highest BCUT2D eigenvalue weighted by atomic mass is 15.1. The maximum Gasteiger partial charge on any atom is 0.101 e. The molecular weight excluding hydrogens is 246 g/mol. The van der Waals surface area contributed by atoms with Crippen LogP contribution in [0, 0.1) is 16.7 Å². The van der Waals surface area contributed by atoms with Gasteiger partial charge in [0.1, 0.15) is 5.54 Å². The number of hydrogen-bond acceptors (Lipinski definition) is 3. The average Bonchev–Trinajstić information content (AvgIpc) is 2.47. The summed E-state index contributed by atoms with van der Waals surface area (Å²) in [7, 11) is 0. The first kappa shape index (κ1) is 15.8. The number of hydrogen-bond donors (Lipinski definition) is 1. The Morgan fingerprint density at radius 3 is 2.35 bits per heavy atom. The van der Waals surface area contributed by atoms with Crippen LogP contribution in [0.25, 0.3) is 0 Å². The fourth-order valence-corrected chi connectivity index (χ4v) is 3.94. The molecule has 1 aliphatic heterocycles. The third-order valence-electron chi connectivity index (χ3n) is 5.51. The van der Waals surface area contributed by atoms with Crippen LogP contribution in [-0.4, -0.2) is 30.1 Å². The molecule has 0 aromatic heterocycles. The van der Waals surface area contributed by atoms with Gasteiger partial charge in [0.05, 0.1) is 6.07 Å². The van der Waals surface area contributed by atoms with Crippen LogP contribution in [0.4, 0.5) is 0 Å². The van der Waals surface area contributed by atoms with Crippen molar-refractivity contribution < 1.29 is 0 Å². The maximum absolute atomic E-state index is 8.90. The van der Waals surface area contributed by atoms with E-state index in [1.54, 1.807) is 0 Å². The van der Waals surface area contributed by atoms with Crippen LogP contribution < -0.4 is 5.73 Å². The van der Waals surface area contributed by atoms with E-state index in [1.165, 1.54) is 71.0 Å². The quantitative estimate of drug-likeness (QED) is 0.783. The first-order valence-electron chi connectivity index (χ1n) is 8.48. The summed E-state index contributed by atoms with van der Waals surface area (Å²) >= 11 is 0. The summed E-state index contributed by atoms with van der Waals surface area (Å²) in [6.45, 7) is 5.61. The summed E-state index contributed by atoms with van der Waals surface area (Å²) < 4.78 is 0. The molecule has 3 heteroatoms. The molecular formula is C17H31N3. The fourth-order valence-electron chi connectivity index (χ4n) is 3.94. The lowest BCUT2D eigenvalue weighted by Crippen LogP contribution is -2.41. The highest BCUT2D eigenvalue weighted by Gasteiger charge is 2.35. The van der Waals surface area contributed by atoms with Crippen LogP contribution in [-0.2, 0) is 0 Å². The topological polar surface area (TPSA) is 53.1 Å². The summed E-state index contributed by atoms with van der Waals surface area (Å²) in [6.07, 6.45) is 13.3. The average molecular weight is 277 g/mol. The number of nitriles is 1. The molecule has 2 N–H and O–H groups in total. The van der Waals surface area contributed by atoms with Crippen molar-refractivity contribution in [2.24, 2.45) is 11.1 Å². The predicted octanol–water partition coefficient (Wildman–Crippen LogP) is 3.44. The maximum atomic E-state index is 8.90. The zero-order valence-corrected chi connectivity index (χ0v) is 13.2. The molecule has 1 heterocycles. The largest absolute Gasteiger partial charge is 0.314 e. The second-order valence-corrected chi connectivity index (χ2v) is 7.39. The van der Waals surface area contributed by atoms with Gasteiger partial charge in [0.25, 0.3) is 0 Å². The number of rotatable bonds is 5. The van der Waals surface area contributed by atoms with E-state index in [-0.39, 0.29) is 0 Å². The van der Waals surface area contributed by atoms with Gasteiger partial charge < -0.3 is 10.6 Å². The first-order chi connectivity index (χ1) is 9.55. The molecule has 0 aromatic rings. The molecule has 114 valence electrons. The van der Waals surface area contributed by atoms with Crippen LogP contribution in [0.15, 0.2) is 0 Å². The Hall–Kier alpha value is -0.590. The normalized spacial score (nSPS) is 26.1. The lowest BCUT2D eigenvalue weighted by Gasteiger charge is -2.44. The molecule has 1 saturated heterocycles. The summed E-state index contributed by atoms with van der Waals surface area (Å²) in [5, 5.41) is 8.90. The second-order valence-electron chi connectivity index (χ2n) is 7.39. The Balaban J connectivity index is 1.61. The highest BCUT2D eigenvalue weighted by molar-refractivity contribution is 5.00. The first-order valence-corrected chi connectivity index (χ1v) is 8.48. The van der Waals surface area contributed by atoms with Crippen molar-refractivity contribution in [3.05, 3.63) is 0 Å². The lowest BCUT2D eigenvalue weighted by atomic mass is 9.68. The van der Waals surface area contributed by atoms with Crippen molar-refractivity contribution >= 4 is 0 Å². The number of nitrogens with two attached hydrogens (primary N) is 1. The van der Waals surface area contributed by atoms with E-state index in [2.05, 4.69) is 11.0 Å². The molecule has 2 aliphatic rings. The van der Waals surface area contributed by atoms with Gasteiger partial charge in [0.15, 0.2) is 0 Å². The van der Waals surface area contributed by atoms with E-state index in [1.807, 2.05) is 6.92 Å². The minimum atomic E-state index is -0.631. The molecule has 0 amide bonds. The Bertz CT molecular complexity index is 327. The van der Waals surface area contributed by atoms with Crippen molar-refractivity contribution in [3.8, 4) is 6.07 Å². The standard InChI is InChI=1S/C17H31N3/c1-16(19,15-18)7-5-6-12-20-13-10-17(11-14-20)8-3-2-4-9-17/h2-14,19H2,1H3. The van der Waals surface area contributed by atoms with Gasteiger partial charge in [-0.1, -0.05) is 19.3 Å². The van der Waals surface area contributed by atoms with Crippen LogP contribution in [0.5, 0.6) is 0 Å². The van der Waals surface area contributed by atoms with Crippen molar-refractivity contribution in [1.29, 1.82) is 5.26 Å². The molecule has 20 heavy (non-hydrogen) atoms. The Kier molecular flexibility index (Phi) is 5.46. The molecule has 3 nitrogen and oxygen atoms in total. The van der Waals surface area contributed by atoms with Crippen molar-refractivity contribution in [2.75, 3.05) is 19.6 Å². The number of nitrogens with zero attached hydrogens (tertiary/aromatic N) is 2. The third kappa shape index (κ3) is 4.46. The van der Waals surface area contributed by atoms with E-state index in [9.17, 15) is 0 Å². The third-order valence-corrected chi connectivity index (χ3v) is 5.51. The van der Waals surface area contributed by atoms with Crippen LogP contribution in [0.3, 0.4) is 0 Å². The lowest BCUT2D eigenvalue weighted by molar-refractivity contribution is 0.0668. The van der Waals surface area contributed by atoms with Crippen LogP contribution in [0.2, 0.25) is 0 Å². The molecule has 2 rings (SSSR count). The summed E-state index contributed by atoms with van der Waals surface area (Å²) in [6, 6.07) is 2.18. The van der Waals surface area contributed by atoms with E-state index < -0.39 is 5.54 Å². The van der Waals surface area contributed by atoms with Gasteiger partial charge in [-0.15, -0.1) is 0 Å². The van der Waals surface area contributed by atoms with Gasteiger partial charge in [-0.3, -0.25) is 0 Å². The summed E-state index contributed by atoms with van der Waals surface area (Å²) in [5.41, 5.74) is 5.94. The molecule has 0 radical (unpaired) electrons. The Morgan fingerprint density at radius 2 is 1.75 bits per heavy atom. The minimum absolute atomic E-state index is 0.631. The van der Waals surface area contributed by atoms with E-state index >= 15 is 0 Å². The van der Waals surface area contributed by atoms with Gasteiger partial charge in [0, 0.05) is 0 Å². The van der Waals surface area contributed by atoms with Crippen LogP contribution >= 0.6 is 0 Å². The second kappa shape index (κ2) is 6.91. The molecule has 0 bridgehead atoms. The molecule has 0 aromatic carbocycles. The van der Waals surface area contributed by atoms with Gasteiger partial charge >= 0.3 is 0 Å². The highest BCUT2D eigenvalue weighted by Crippen LogP contribution is 2.44. The molecule has 1 aliphatic carbocycles. The summed E-state index contributed by atoms with van der Waals surface area (Å²) in [5.74, 6) is 0. The molecule has 2 fully saturated rings. The monoisotopic (exact) mass is 277 g/mol. The smallest absolute Gasteiger partial charge is 0.101 e. The Labute approximate surface area is 124 Å². The van der Waals surface area contributed by atoms with E-state index in [0.29, 0.717) is 5.41 Å². The molecule has 1 saturated carbocycles. The zero-order valence-electron chi connectivity index (χ0n) is 13.2. The van der Waals surface area contributed by atoms with Gasteiger partial charge in [-0.05, 0) is 76.9 Å². The fraction of sp³-hybridized carbons (Fsp3) is 0.941.